The van der Waals surface area contributed by atoms with E-state index in [4.69, 9.17) is 10.5 Å². The highest BCUT2D eigenvalue weighted by molar-refractivity contribution is 4.86. The van der Waals surface area contributed by atoms with Gasteiger partial charge in [-0.3, -0.25) is 4.90 Å². The molecule has 0 unspecified atom stereocenters. The fourth-order valence-electron chi connectivity index (χ4n) is 2.45. The van der Waals surface area contributed by atoms with Crippen LogP contribution in [0.1, 0.15) is 25.7 Å². The lowest BCUT2D eigenvalue weighted by atomic mass is 9.99. The number of ether oxygens (including phenoxy) is 1. The van der Waals surface area contributed by atoms with Gasteiger partial charge in [0, 0.05) is 18.7 Å². The van der Waals surface area contributed by atoms with Crippen molar-refractivity contribution >= 4 is 0 Å². The Kier molecular flexibility index (Phi) is 3.19. The van der Waals surface area contributed by atoms with E-state index in [0.29, 0.717) is 6.04 Å². The molecule has 2 fully saturated rings. The first-order chi connectivity index (χ1) is 6.38. The van der Waals surface area contributed by atoms with Crippen molar-refractivity contribution in [3.8, 4) is 0 Å². The van der Waals surface area contributed by atoms with Crippen LogP contribution in [0.2, 0.25) is 0 Å². The molecule has 0 radical (unpaired) electrons. The Morgan fingerprint density at radius 1 is 1.15 bits per heavy atom. The van der Waals surface area contributed by atoms with Crippen LogP contribution in [0.15, 0.2) is 0 Å². The van der Waals surface area contributed by atoms with Crippen molar-refractivity contribution in [1.29, 1.82) is 0 Å². The second kappa shape index (κ2) is 4.40. The highest BCUT2D eigenvalue weighted by Crippen LogP contribution is 2.18. The SMILES string of the molecule is N[C@@H]1COCC[C@H]1N1CCCCC1. The second-order valence-corrected chi connectivity index (χ2v) is 4.19. The fourth-order valence-corrected chi connectivity index (χ4v) is 2.45. The highest BCUT2D eigenvalue weighted by atomic mass is 16.5. The number of nitrogens with two attached hydrogens (primary N) is 1. The molecule has 76 valence electrons. The number of piperidine rings is 1. The highest BCUT2D eigenvalue weighted by Gasteiger charge is 2.28. The van der Waals surface area contributed by atoms with Gasteiger partial charge >= 0.3 is 0 Å². The molecular weight excluding hydrogens is 164 g/mol. The molecule has 2 aliphatic rings. The Labute approximate surface area is 80.2 Å². The zero-order valence-electron chi connectivity index (χ0n) is 8.24. The Hall–Kier alpha value is -0.120. The fraction of sp³-hybridized carbons (Fsp3) is 1.00. The van der Waals surface area contributed by atoms with E-state index in [-0.39, 0.29) is 6.04 Å². The summed E-state index contributed by atoms with van der Waals surface area (Å²) in [7, 11) is 0. The molecule has 13 heavy (non-hydrogen) atoms. The summed E-state index contributed by atoms with van der Waals surface area (Å²) in [6, 6.07) is 0.834. The predicted octanol–water partition coefficient (Wildman–Crippen LogP) is 0.588. The van der Waals surface area contributed by atoms with E-state index in [2.05, 4.69) is 4.90 Å². The predicted molar refractivity (Wildman–Crippen MR) is 52.6 cm³/mol. The number of nitrogens with zero attached hydrogens (tertiary/aromatic N) is 1. The zero-order valence-corrected chi connectivity index (χ0v) is 8.24. The molecule has 0 saturated carbocycles. The number of rotatable bonds is 1. The second-order valence-electron chi connectivity index (χ2n) is 4.19. The Morgan fingerprint density at radius 3 is 2.62 bits per heavy atom. The first-order valence-corrected chi connectivity index (χ1v) is 5.45. The minimum Gasteiger partial charge on any atom is -0.380 e. The van der Waals surface area contributed by atoms with Gasteiger partial charge in [-0.1, -0.05) is 6.42 Å². The van der Waals surface area contributed by atoms with E-state index in [9.17, 15) is 0 Å². The van der Waals surface area contributed by atoms with Crippen LogP contribution in [0.25, 0.3) is 0 Å². The molecule has 2 atom stereocenters. The largest absolute Gasteiger partial charge is 0.380 e. The van der Waals surface area contributed by atoms with Gasteiger partial charge in [0.15, 0.2) is 0 Å². The van der Waals surface area contributed by atoms with Crippen molar-refractivity contribution in [2.24, 2.45) is 5.73 Å². The van der Waals surface area contributed by atoms with E-state index in [1.165, 1.54) is 32.4 Å². The smallest absolute Gasteiger partial charge is 0.0632 e. The molecule has 0 aromatic heterocycles. The Balaban J connectivity index is 1.88. The third kappa shape index (κ3) is 2.22. The van der Waals surface area contributed by atoms with Crippen LogP contribution < -0.4 is 5.73 Å². The van der Waals surface area contributed by atoms with Crippen molar-refractivity contribution in [3.63, 3.8) is 0 Å². The van der Waals surface area contributed by atoms with Crippen LogP contribution >= 0.6 is 0 Å². The van der Waals surface area contributed by atoms with Gasteiger partial charge in [0.05, 0.1) is 6.61 Å². The first-order valence-electron chi connectivity index (χ1n) is 5.45. The molecular formula is C10H20N2O. The summed E-state index contributed by atoms with van der Waals surface area (Å²) in [5, 5.41) is 0. The average molecular weight is 184 g/mol. The number of hydrogen-bond donors (Lipinski definition) is 1. The molecule has 3 heteroatoms. The van der Waals surface area contributed by atoms with Crippen molar-refractivity contribution in [2.45, 2.75) is 37.8 Å². The van der Waals surface area contributed by atoms with E-state index in [0.717, 1.165) is 19.6 Å². The van der Waals surface area contributed by atoms with Crippen LogP contribution in [0.5, 0.6) is 0 Å². The molecule has 0 bridgehead atoms. The molecule has 2 N–H and O–H groups in total. The molecule has 0 aromatic carbocycles. The molecule has 2 rings (SSSR count). The zero-order chi connectivity index (χ0) is 9.10. The molecule has 0 spiro atoms. The Bertz CT molecular complexity index is 157. The summed E-state index contributed by atoms with van der Waals surface area (Å²) < 4.78 is 5.35. The van der Waals surface area contributed by atoms with Crippen LogP contribution in [0, 0.1) is 0 Å². The number of likely N-dealkylation sites (tertiary alicyclic amines) is 1. The van der Waals surface area contributed by atoms with Gasteiger partial charge in [-0.15, -0.1) is 0 Å². The van der Waals surface area contributed by atoms with Crippen molar-refractivity contribution in [1.82, 2.24) is 4.90 Å². The summed E-state index contributed by atoms with van der Waals surface area (Å²) >= 11 is 0. The maximum atomic E-state index is 6.04. The van der Waals surface area contributed by atoms with Crippen LogP contribution in [0.4, 0.5) is 0 Å². The summed E-state index contributed by atoms with van der Waals surface area (Å²) in [6.45, 7) is 4.15. The molecule has 2 heterocycles. The number of hydrogen-bond acceptors (Lipinski definition) is 3. The molecule has 0 aromatic rings. The molecule has 0 aliphatic carbocycles. The standard InChI is InChI=1S/C10H20N2O/c11-9-8-13-7-4-10(9)12-5-2-1-3-6-12/h9-10H,1-8,11H2/t9-,10-/m1/s1. The lowest BCUT2D eigenvalue weighted by Crippen LogP contribution is -2.54. The van der Waals surface area contributed by atoms with Gasteiger partial charge in [0.2, 0.25) is 0 Å². The monoisotopic (exact) mass is 184 g/mol. The van der Waals surface area contributed by atoms with Crippen molar-refractivity contribution in [2.75, 3.05) is 26.3 Å². The molecule has 0 amide bonds. The summed E-state index contributed by atoms with van der Waals surface area (Å²) in [6.07, 6.45) is 5.23. The molecule has 3 nitrogen and oxygen atoms in total. The van der Waals surface area contributed by atoms with Gasteiger partial charge in [0.25, 0.3) is 0 Å². The van der Waals surface area contributed by atoms with Crippen molar-refractivity contribution < 1.29 is 4.74 Å². The van der Waals surface area contributed by atoms with E-state index in [1.54, 1.807) is 0 Å². The van der Waals surface area contributed by atoms with Gasteiger partial charge in [-0.05, 0) is 32.4 Å². The van der Waals surface area contributed by atoms with Gasteiger partial charge in [-0.2, -0.15) is 0 Å². The van der Waals surface area contributed by atoms with E-state index in [1.807, 2.05) is 0 Å². The summed E-state index contributed by atoms with van der Waals surface area (Å²) in [4.78, 5) is 2.57. The minimum absolute atomic E-state index is 0.242. The minimum atomic E-state index is 0.242. The maximum Gasteiger partial charge on any atom is 0.0632 e. The Morgan fingerprint density at radius 2 is 1.92 bits per heavy atom. The first kappa shape index (κ1) is 9.44. The lowest BCUT2D eigenvalue weighted by Gasteiger charge is -2.40. The van der Waals surface area contributed by atoms with E-state index >= 15 is 0 Å². The average Bonchev–Trinajstić information content (AvgIpc) is 2.20. The van der Waals surface area contributed by atoms with Crippen LogP contribution in [0.3, 0.4) is 0 Å². The van der Waals surface area contributed by atoms with Crippen LogP contribution in [-0.4, -0.2) is 43.3 Å². The normalized spacial score (nSPS) is 37.6. The van der Waals surface area contributed by atoms with Crippen molar-refractivity contribution in [3.05, 3.63) is 0 Å². The molecule has 2 aliphatic heterocycles. The van der Waals surface area contributed by atoms with Gasteiger partial charge < -0.3 is 10.5 Å². The topological polar surface area (TPSA) is 38.5 Å². The summed E-state index contributed by atoms with van der Waals surface area (Å²) in [5.74, 6) is 0. The lowest BCUT2D eigenvalue weighted by molar-refractivity contribution is 0.0115. The quantitative estimate of drug-likeness (QED) is 0.648. The summed E-state index contributed by atoms with van der Waals surface area (Å²) in [5.41, 5.74) is 6.04. The third-order valence-electron chi connectivity index (χ3n) is 3.22. The molecule has 2 saturated heterocycles. The third-order valence-corrected chi connectivity index (χ3v) is 3.22. The van der Waals surface area contributed by atoms with Gasteiger partial charge in [0.1, 0.15) is 0 Å². The van der Waals surface area contributed by atoms with E-state index < -0.39 is 0 Å². The maximum absolute atomic E-state index is 6.04. The van der Waals surface area contributed by atoms with Gasteiger partial charge in [-0.25, -0.2) is 0 Å². The van der Waals surface area contributed by atoms with Crippen LogP contribution in [-0.2, 0) is 4.74 Å².